The minimum absolute atomic E-state index is 0.301. The number of hydrogen-bond acceptors (Lipinski definition) is 4. The van der Waals surface area contributed by atoms with Gasteiger partial charge in [-0.1, -0.05) is 12.7 Å². The molecule has 0 aliphatic rings. The van der Waals surface area contributed by atoms with Crippen molar-refractivity contribution in [3.05, 3.63) is 66.1 Å². The van der Waals surface area contributed by atoms with Crippen molar-refractivity contribution < 1.29 is 13.9 Å². The van der Waals surface area contributed by atoms with E-state index in [2.05, 4.69) is 17.1 Å². The molecule has 5 heteroatoms. The Bertz CT molecular complexity index is 642. The SMILES string of the molecule is C=CCOc1ccc(C(=O)N/N=C/c2ccc(C)o2)cc1. The van der Waals surface area contributed by atoms with Crippen molar-refractivity contribution in [1.82, 2.24) is 5.43 Å². The molecule has 0 atom stereocenters. The lowest BCUT2D eigenvalue weighted by atomic mass is 10.2. The molecule has 108 valence electrons. The van der Waals surface area contributed by atoms with Gasteiger partial charge in [-0.2, -0.15) is 5.10 Å². The second kappa shape index (κ2) is 7.09. The molecule has 0 aliphatic heterocycles. The lowest BCUT2D eigenvalue weighted by Crippen LogP contribution is -2.17. The van der Waals surface area contributed by atoms with Gasteiger partial charge in [0, 0.05) is 5.56 Å². The maximum atomic E-state index is 11.9. The van der Waals surface area contributed by atoms with Crippen LogP contribution >= 0.6 is 0 Å². The van der Waals surface area contributed by atoms with Gasteiger partial charge in [-0.25, -0.2) is 5.43 Å². The largest absolute Gasteiger partial charge is 0.490 e. The van der Waals surface area contributed by atoms with Gasteiger partial charge in [-0.15, -0.1) is 0 Å². The average molecular weight is 284 g/mol. The molecule has 0 spiro atoms. The molecule has 1 amide bonds. The molecule has 1 heterocycles. The van der Waals surface area contributed by atoms with Crippen molar-refractivity contribution in [2.75, 3.05) is 6.61 Å². The first-order valence-corrected chi connectivity index (χ1v) is 6.42. The number of hydrazone groups is 1. The van der Waals surface area contributed by atoms with Crippen LogP contribution in [0.15, 0.2) is 58.6 Å². The molecule has 0 unspecified atom stereocenters. The van der Waals surface area contributed by atoms with E-state index in [4.69, 9.17) is 9.15 Å². The van der Waals surface area contributed by atoms with E-state index >= 15 is 0 Å². The van der Waals surface area contributed by atoms with Crippen LogP contribution in [-0.2, 0) is 0 Å². The van der Waals surface area contributed by atoms with E-state index in [1.807, 2.05) is 13.0 Å². The highest BCUT2D eigenvalue weighted by molar-refractivity contribution is 5.94. The molecular formula is C16H16N2O3. The summed E-state index contributed by atoms with van der Waals surface area (Å²) in [7, 11) is 0. The Kier molecular flexibility index (Phi) is 4.93. The van der Waals surface area contributed by atoms with E-state index in [-0.39, 0.29) is 5.91 Å². The van der Waals surface area contributed by atoms with Gasteiger partial charge in [0.05, 0.1) is 6.21 Å². The number of benzene rings is 1. The fourth-order valence-corrected chi connectivity index (χ4v) is 1.60. The highest BCUT2D eigenvalue weighted by Crippen LogP contribution is 2.12. The number of nitrogens with one attached hydrogen (secondary N) is 1. The number of ether oxygens (including phenoxy) is 1. The maximum absolute atomic E-state index is 11.9. The molecule has 2 rings (SSSR count). The lowest BCUT2D eigenvalue weighted by molar-refractivity contribution is 0.0955. The van der Waals surface area contributed by atoms with Crippen LogP contribution in [-0.4, -0.2) is 18.7 Å². The Morgan fingerprint density at radius 2 is 2.10 bits per heavy atom. The van der Waals surface area contributed by atoms with Gasteiger partial charge >= 0.3 is 0 Å². The predicted molar refractivity (Wildman–Crippen MR) is 80.6 cm³/mol. The number of furan rings is 1. The normalized spacial score (nSPS) is 10.5. The Balaban J connectivity index is 1.90. The lowest BCUT2D eigenvalue weighted by Gasteiger charge is -2.04. The zero-order chi connectivity index (χ0) is 15.1. The van der Waals surface area contributed by atoms with Crippen molar-refractivity contribution in [2.24, 2.45) is 5.10 Å². The third kappa shape index (κ3) is 4.35. The summed E-state index contributed by atoms with van der Waals surface area (Å²) in [5.41, 5.74) is 2.93. The fourth-order valence-electron chi connectivity index (χ4n) is 1.60. The average Bonchev–Trinajstić information content (AvgIpc) is 2.91. The minimum atomic E-state index is -0.301. The standard InChI is InChI=1S/C16H16N2O3/c1-3-10-20-14-8-5-13(6-9-14)16(19)18-17-11-15-7-4-12(2)21-15/h3-9,11H,1,10H2,2H3,(H,18,19)/b17-11+. The summed E-state index contributed by atoms with van der Waals surface area (Å²) in [5, 5.41) is 3.84. The molecule has 0 bridgehead atoms. The predicted octanol–water partition coefficient (Wildman–Crippen LogP) is 2.92. The molecule has 0 saturated heterocycles. The monoisotopic (exact) mass is 284 g/mol. The van der Waals surface area contributed by atoms with Crippen LogP contribution in [0.25, 0.3) is 0 Å². The topological polar surface area (TPSA) is 63.8 Å². The van der Waals surface area contributed by atoms with Crippen LogP contribution in [0.2, 0.25) is 0 Å². The van der Waals surface area contributed by atoms with Gasteiger partial charge in [0.1, 0.15) is 23.9 Å². The number of amides is 1. The molecule has 1 aromatic carbocycles. The number of carbonyl (C=O) groups excluding carboxylic acids is 1. The summed E-state index contributed by atoms with van der Waals surface area (Å²) in [5.74, 6) is 1.75. The second-order valence-electron chi connectivity index (χ2n) is 4.27. The van der Waals surface area contributed by atoms with E-state index in [0.29, 0.717) is 23.7 Å². The third-order valence-electron chi connectivity index (χ3n) is 2.60. The number of aryl methyl sites for hydroxylation is 1. The van der Waals surface area contributed by atoms with E-state index in [9.17, 15) is 4.79 Å². The van der Waals surface area contributed by atoms with Crippen molar-refractivity contribution in [3.8, 4) is 5.75 Å². The minimum Gasteiger partial charge on any atom is -0.490 e. The number of rotatable bonds is 6. The van der Waals surface area contributed by atoms with Crippen LogP contribution in [0.5, 0.6) is 5.75 Å². The van der Waals surface area contributed by atoms with Gasteiger partial charge in [-0.3, -0.25) is 4.79 Å². The molecule has 1 N–H and O–H groups in total. The first-order chi connectivity index (χ1) is 10.2. The number of nitrogens with zero attached hydrogens (tertiary/aromatic N) is 1. The van der Waals surface area contributed by atoms with E-state index < -0.39 is 0 Å². The summed E-state index contributed by atoms with van der Waals surface area (Å²) >= 11 is 0. The molecule has 0 radical (unpaired) electrons. The highest BCUT2D eigenvalue weighted by Gasteiger charge is 2.04. The zero-order valence-electron chi connectivity index (χ0n) is 11.7. The van der Waals surface area contributed by atoms with Crippen LogP contribution in [0.1, 0.15) is 21.9 Å². The number of carbonyl (C=O) groups is 1. The van der Waals surface area contributed by atoms with Gasteiger partial charge in [0.25, 0.3) is 5.91 Å². The molecular weight excluding hydrogens is 268 g/mol. The quantitative estimate of drug-likeness (QED) is 0.504. The zero-order valence-corrected chi connectivity index (χ0v) is 11.7. The summed E-state index contributed by atoms with van der Waals surface area (Å²) in [6.45, 7) is 5.84. The summed E-state index contributed by atoms with van der Waals surface area (Å²) in [6, 6.07) is 10.4. The van der Waals surface area contributed by atoms with E-state index in [1.54, 1.807) is 36.4 Å². The van der Waals surface area contributed by atoms with Crippen LogP contribution < -0.4 is 10.2 Å². The summed E-state index contributed by atoms with van der Waals surface area (Å²) in [6.07, 6.45) is 3.11. The maximum Gasteiger partial charge on any atom is 0.271 e. The Morgan fingerprint density at radius 3 is 2.71 bits per heavy atom. The van der Waals surface area contributed by atoms with Gasteiger partial charge in [-0.05, 0) is 43.3 Å². The van der Waals surface area contributed by atoms with E-state index in [0.717, 1.165) is 5.76 Å². The van der Waals surface area contributed by atoms with Gasteiger partial charge in [0.15, 0.2) is 0 Å². The van der Waals surface area contributed by atoms with Gasteiger partial charge in [0.2, 0.25) is 0 Å². The molecule has 0 aliphatic carbocycles. The molecule has 1 aromatic heterocycles. The molecule has 5 nitrogen and oxygen atoms in total. The highest BCUT2D eigenvalue weighted by atomic mass is 16.5. The van der Waals surface area contributed by atoms with Gasteiger partial charge < -0.3 is 9.15 Å². The van der Waals surface area contributed by atoms with Crippen LogP contribution in [0.4, 0.5) is 0 Å². The first-order valence-electron chi connectivity index (χ1n) is 6.42. The Labute approximate surface area is 122 Å². The molecule has 0 saturated carbocycles. The molecule has 2 aromatic rings. The fraction of sp³-hybridized carbons (Fsp3) is 0.125. The van der Waals surface area contributed by atoms with Crippen LogP contribution in [0.3, 0.4) is 0 Å². The van der Waals surface area contributed by atoms with Crippen molar-refractivity contribution in [1.29, 1.82) is 0 Å². The Morgan fingerprint density at radius 1 is 1.33 bits per heavy atom. The van der Waals surface area contributed by atoms with Crippen molar-refractivity contribution in [3.63, 3.8) is 0 Å². The Hall–Kier alpha value is -2.82. The smallest absolute Gasteiger partial charge is 0.271 e. The van der Waals surface area contributed by atoms with Crippen molar-refractivity contribution in [2.45, 2.75) is 6.92 Å². The number of hydrogen-bond donors (Lipinski definition) is 1. The third-order valence-corrected chi connectivity index (χ3v) is 2.60. The summed E-state index contributed by atoms with van der Waals surface area (Å²) in [4.78, 5) is 11.9. The summed E-state index contributed by atoms with van der Waals surface area (Å²) < 4.78 is 10.6. The molecule has 0 fully saturated rings. The van der Waals surface area contributed by atoms with Crippen molar-refractivity contribution >= 4 is 12.1 Å². The van der Waals surface area contributed by atoms with Crippen LogP contribution in [0, 0.1) is 6.92 Å². The second-order valence-corrected chi connectivity index (χ2v) is 4.27. The first kappa shape index (κ1) is 14.6. The van der Waals surface area contributed by atoms with E-state index in [1.165, 1.54) is 6.21 Å². The molecule has 21 heavy (non-hydrogen) atoms.